The molecule has 0 aliphatic carbocycles. The van der Waals surface area contributed by atoms with Gasteiger partial charge < -0.3 is 18.9 Å². The van der Waals surface area contributed by atoms with Gasteiger partial charge in [0.05, 0.1) is 34.9 Å². The highest BCUT2D eigenvalue weighted by Gasteiger charge is 2.23. The third-order valence-electron chi connectivity index (χ3n) is 3.24. The molecular weight excluding hydrogens is 274 g/mol. The Morgan fingerprint density at radius 1 is 1.00 bits per heavy atom. The first-order valence-corrected chi connectivity index (χ1v) is 6.29. The maximum atomic E-state index is 11.7. The highest BCUT2D eigenvalue weighted by atomic mass is 16.5. The van der Waals surface area contributed by atoms with E-state index in [1.165, 1.54) is 21.3 Å². The first-order chi connectivity index (χ1) is 10.2. The van der Waals surface area contributed by atoms with E-state index in [1.54, 1.807) is 25.6 Å². The lowest BCUT2D eigenvalue weighted by atomic mass is 10.0. The molecule has 6 nitrogen and oxygen atoms in total. The molecule has 0 amide bonds. The van der Waals surface area contributed by atoms with Crippen molar-refractivity contribution in [1.29, 1.82) is 0 Å². The molecule has 0 saturated heterocycles. The molecule has 1 aromatic carbocycles. The average Bonchev–Trinajstić information content (AvgIpc) is 2.53. The normalized spacial score (nSPS) is 10.3. The van der Waals surface area contributed by atoms with Crippen LogP contribution in [-0.2, 0) is 16.0 Å². The lowest BCUT2D eigenvalue weighted by Crippen LogP contribution is -2.08. The van der Waals surface area contributed by atoms with Crippen molar-refractivity contribution in [1.82, 2.24) is 4.98 Å². The molecule has 0 spiro atoms. The van der Waals surface area contributed by atoms with Gasteiger partial charge in [-0.2, -0.15) is 0 Å². The molecule has 1 aromatic heterocycles. The second-order valence-corrected chi connectivity index (χ2v) is 4.25. The van der Waals surface area contributed by atoms with Gasteiger partial charge in [-0.05, 0) is 6.07 Å². The molecule has 2 aromatic rings. The molecule has 112 valence electrons. The summed E-state index contributed by atoms with van der Waals surface area (Å²) in [5, 5.41) is 1.56. The van der Waals surface area contributed by atoms with Crippen molar-refractivity contribution in [2.75, 3.05) is 28.4 Å². The van der Waals surface area contributed by atoms with Gasteiger partial charge in [-0.15, -0.1) is 0 Å². The van der Waals surface area contributed by atoms with Crippen molar-refractivity contribution < 1.29 is 23.7 Å². The fourth-order valence-corrected chi connectivity index (χ4v) is 2.31. The number of hydrogen-bond acceptors (Lipinski definition) is 6. The van der Waals surface area contributed by atoms with E-state index in [1.807, 2.05) is 0 Å². The number of pyridine rings is 1. The van der Waals surface area contributed by atoms with E-state index in [4.69, 9.17) is 18.9 Å². The number of rotatable bonds is 5. The minimum absolute atomic E-state index is 0.0578. The maximum Gasteiger partial charge on any atom is 0.310 e. The molecule has 6 heteroatoms. The molecule has 0 atom stereocenters. The Morgan fingerprint density at radius 2 is 1.67 bits per heavy atom. The van der Waals surface area contributed by atoms with E-state index in [-0.39, 0.29) is 12.4 Å². The molecule has 0 N–H and O–H groups in total. The summed E-state index contributed by atoms with van der Waals surface area (Å²) < 4.78 is 21.0. The van der Waals surface area contributed by atoms with Crippen LogP contribution in [0.1, 0.15) is 5.56 Å². The third-order valence-corrected chi connectivity index (χ3v) is 3.24. The number of ether oxygens (including phenoxy) is 4. The predicted molar refractivity (Wildman–Crippen MR) is 77.1 cm³/mol. The highest BCUT2D eigenvalue weighted by Crippen LogP contribution is 2.46. The molecule has 0 bridgehead atoms. The van der Waals surface area contributed by atoms with Crippen LogP contribution in [0.5, 0.6) is 17.2 Å². The summed E-state index contributed by atoms with van der Waals surface area (Å²) in [6.45, 7) is 0. The Kier molecular flexibility index (Phi) is 4.47. The van der Waals surface area contributed by atoms with Crippen molar-refractivity contribution in [2.24, 2.45) is 0 Å². The van der Waals surface area contributed by atoms with Crippen LogP contribution in [0, 0.1) is 0 Å². The van der Waals surface area contributed by atoms with Crippen LogP contribution in [0.3, 0.4) is 0 Å². The molecule has 0 fully saturated rings. The zero-order valence-corrected chi connectivity index (χ0v) is 12.4. The summed E-state index contributed by atoms with van der Waals surface area (Å²) in [5.74, 6) is 1.06. The summed E-state index contributed by atoms with van der Waals surface area (Å²) in [7, 11) is 5.93. The lowest BCUT2D eigenvalue weighted by molar-refractivity contribution is -0.139. The maximum absolute atomic E-state index is 11.7. The van der Waals surface area contributed by atoms with Crippen LogP contribution < -0.4 is 14.2 Å². The van der Waals surface area contributed by atoms with Crippen molar-refractivity contribution in [2.45, 2.75) is 6.42 Å². The first kappa shape index (κ1) is 14.9. The number of nitrogens with zero attached hydrogens (tertiary/aromatic N) is 1. The Bertz CT molecular complexity index is 669. The minimum atomic E-state index is -0.370. The summed E-state index contributed by atoms with van der Waals surface area (Å²) >= 11 is 0. The van der Waals surface area contributed by atoms with Crippen LogP contribution in [-0.4, -0.2) is 39.4 Å². The lowest BCUT2D eigenvalue weighted by Gasteiger charge is -2.18. The van der Waals surface area contributed by atoms with E-state index in [0.717, 1.165) is 10.8 Å². The van der Waals surface area contributed by atoms with E-state index in [9.17, 15) is 4.79 Å². The highest BCUT2D eigenvalue weighted by molar-refractivity contribution is 5.97. The van der Waals surface area contributed by atoms with Gasteiger partial charge in [0, 0.05) is 28.7 Å². The van der Waals surface area contributed by atoms with Gasteiger partial charge in [0.2, 0.25) is 5.75 Å². The quantitative estimate of drug-likeness (QED) is 0.785. The molecule has 0 saturated carbocycles. The standard InChI is InChI=1S/C15H17NO5/c1-18-12(17)7-10-11-8-16-6-5-9(11)13(19-2)15(21-4)14(10)20-3/h5-6,8H,7H2,1-4H3. The summed E-state index contributed by atoms with van der Waals surface area (Å²) in [4.78, 5) is 15.8. The number of aromatic nitrogens is 1. The number of carbonyl (C=O) groups excluding carboxylic acids is 1. The average molecular weight is 291 g/mol. The Hall–Kier alpha value is -2.50. The second-order valence-electron chi connectivity index (χ2n) is 4.25. The molecule has 0 unspecified atom stereocenters. The van der Waals surface area contributed by atoms with Gasteiger partial charge in [-0.1, -0.05) is 0 Å². The van der Waals surface area contributed by atoms with E-state index < -0.39 is 0 Å². The Labute approximate surface area is 122 Å². The van der Waals surface area contributed by atoms with E-state index in [0.29, 0.717) is 22.8 Å². The zero-order valence-electron chi connectivity index (χ0n) is 12.4. The van der Waals surface area contributed by atoms with Crippen LogP contribution >= 0.6 is 0 Å². The van der Waals surface area contributed by atoms with E-state index in [2.05, 4.69) is 4.98 Å². The van der Waals surface area contributed by atoms with Gasteiger partial charge in [0.25, 0.3) is 0 Å². The number of esters is 1. The van der Waals surface area contributed by atoms with Crippen LogP contribution in [0.15, 0.2) is 18.5 Å². The van der Waals surface area contributed by atoms with E-state index >= 15 is 0 Å². The van der Waals surface area contributed by atoms with Crippen LogP contribution in [0.25, 0.3) is 10.8 Å². The summed E-state index contributed by atoms with van der Waals surface area (Å²) in [6.07, 6.45) is 3.37. The van der Waals surface area contributed by atoms with Gasteiger partial charge in [0.1, 0.15) is 0 Å². The molecule has 2 rings (SSSR count). The molecule has 21 heavy (non-hydrogen) atoms. The number of methoxy groups -OCH3 is 4. The topological polar surface area (TPSA) is 66.9 Å². The third kappa shape index (κ3) is 2.56. The van der Waals surface area contributed by atoms with Crippen LogP contribution in [0.4, 0.5) is 0 Å². The van der Waals surface area contributed by atoms with Gasteiger partial charge in [-0.3, -0.25) is 9.78 Å². The van der Waals surface area contributed by atoms with Crippen LogP contribution in [0.2, 0.25) is 0 Å². The van der Waals surface area contributed by atoms with Crippen molar-refractivity contribution in [3.8, 4) is 17.2 Å². The number of benzene rings is 1. The fourth-order valence-electron chi connectivity index (χ4n) is 2.31. The van der Waals surface area contributed by atoms with Gasteiger partial charge >= 0.3 is 5.97 Å². The van der Waals surface area contributed by atoms with Crippen molar-refractivity contribution >= 4 is 16.7 Å². The SMILES string of the molecule is COC(=O)Cc1c(OC)c(OC)c(OC)c2ccncc12. The molecule has 0 aliphatic heterocycles. The molecule has 0 aliphatic rings. The Balaban J connectivity index is 2.83. The Morgan fingerprint density at radius 3 is 2.24 bits per heavy atom. The van der Waals surface area contributed by atoms with Crippen molar-refractivity contribution in [3.63, 3.8) is 0 Å². The molecule has 0 radical (unpaired) electrons. The molecular formula is C15H17NO5. The fraction of sp³-hybridized carbons (Fsp3) is 0.333. The monoisotopic (exact) mass is 291 g/mol. The van der Waals surface area contributed by atoms with Gasteiger partial charge in [0.15, 0.2) is 11.5 Å². The smallest absolute Gasteiger partial charge is 0.310 e. The summed E-state index contributed by atoms with van der Waals surface area (Å²) in [6, 6.07) is 1.80. The number of hydrogen-bond donors (Lipinski definition) is 0. The minimum Gasteiger partial charge on any atom is -0.492 e. The number of carbonyl (C=O) groups is 1. The number of fused-ring (bicyclic) bond motifs is 1. The summed E-state index contributed by atoms with van der Waals surface area (Å²) in [5.41, 5.74) is 0.658. The predicted octanol–water partition coefficient (Wildman–Crippen LogP) is 1.98. The largest absolute Gasteiger partial charge is 0.492 e. The first-order valence-electron chi connectivity index (χ1n) is 6.29. The molecule has 1 heterocycles. The zero-order chi connectivity index (χ0) is 15.4. The second kappa shape index (κ2) is 6.30. The van der Waals surface area contributed by atoms with Gasteiger partial charge in [-0.25, -0.2) is 0 Å². The van der Waals surface area contributed by atoms with Crippen molar-refractivity contribution in [3.05, 3.63) is 24.0 Å².